The summed E-state index contributed by atoms with van der Waals surface area (Å²) < 4.78 is 0. The molecule has 4 heteroatoms. The monoisotopic (exact) mass is 335 g/mol. The average Bonchev–Trinajstić information content (AvgIpc) is 3.18. The van der Waals surface area contributed by atoms with Crippen molar-refractivity contribution >= 4 is 11.7 Å². The fraction of sp³-hybridized carbons (Fsp3) is 0.429. The van der Waals surface area contributed by atoms with Gasteiger partial charge < -0.3 is 9.80 Å². The second-order valence-electron chi connectivity index (χ2n) is 6.99. The molecule has 0 bridgehead atoms. The Hall–Kier alpha value is -2.36. The molecule has 2 aromatic rings. The van der Waals surface area contributed by atoms with Crippen LogP contribution in [-0.4, -0.2) is 35.4 Å². The first-order valence-electron chi connectivity index (χ1n) is 9.40. The molecule has 4 nitrogen and oxygen atoms in total. The van der Waals surface area contributed by atoms with Gasteiger partial charge in [0.15, 0.2) is 0 Å². The second-order valence-corrected chi connectivity index (χ2v) is 6.99. The molecule has 0 N–H and O–H groups in total. The van der Waals surface area contributed by atoms with E-state index in [9.17, 15) is 4.79 Å². The molecule has 2 fully saturated rings. The second kappa shape index (κ2) is 7.26. The third kappa shape index (κ3) is 3.26. The van der Waals surface area contributed by atoms with Crippen molar-refractivity contribution in [3.05, 3.63) is 59.8 Å². The van der Waals surface area contributed by atoms with E-state index in [1.54, 1.807) is 0 Å². The van der Waals surface area contributed by atoms with Crippen LogP contribution in [0.2, 0.25) is 0 Å². The van der Waals surface area contributed by atoms with E-state index in [1.807, 2.05) is 47.5 Å². The predicted molar refractivity (Wildman–Crippen MR) is 99.8 cm³/mol. The lowest BCUT2D eigenvalue weighted by Gasteiger charge is -2.33. The molecule has 0 spiro atoms. The van der Waals surface area contributed by atoms with Crippen LogP contribution in [0.1, 0.15) is 54.1 Å². The summed E-state index contributed by atoms with van der Waals surface area (Å²) in [5.41, 5.74) is 1.99. The number of anilines is 1. The lowest BCUT2D eigenvalue weighted by atomic mass is 10.0. The predicted octanol–water partition coefficient (Wildman–Crippen LogP) is 4.05. The van der Waals surface area contributed by atoms with E-state index in [4.69, 9.17) is 4.98 Å². The topological polar surface area (TPSA) is 36.4 Å². The van der Waals surface area contributed by atoms with E-state index in [2.05, 4.69) is 11.0 Å². The van der Waals surface area contributed by atoms with Crippen LogP contribution in [-0.2, 0) is 0 Å². The van der Waals surface area contributed by atoms with Crippen molar-refractivity contribution in [1.82, 2.24) is 9.88 Å². The highest BCUT2D eigenvalue weighted by Gasteiger charge is 2.33. The lowest BCUT2D eigenvalue weighted by Crippen LogP contribution is -2.34. The van der Waals surface area contributed by atoms with Crippen molar-refractivity contribution in [1.29, 1.82) is 0 Å². The number of hydrogen-bond donors (Lipinski definition) is 0. The van der Waals surface area contributed by atoms with Crippen LogP contribution in [0.5, 0.6) is 0 Å². The van der Waals surface area contributed by atoms with Crippen molar-refractivity contribution in [2.45, 2.75) is 38.1 Å². The van der Waals surface area contributed by atoms with Gasteiger partial charge in [-0.25, -0.2) is 4.98 Å². The molecule has 2 aliphatic heterocycles. The maximum atomic E-state index is 13.0. The van der Waals surface area contributed by atoms with Crippen LogP contribution in [0.4, 0.5) is 5.82 Å². The van der Waals surface area contributed by atoms with Crippen molar-refractivity contribution < 1.29 is 4.79 Å². The highest BCUT2D eigenvalue weighted by molar-refractivity contribution is 5.94. The summed E-state index contributed by atoms with van der Waals surface area (Å²) in [5, 5.41) is 0. The Morgan fingerprint density at radius 3 is 2.52 bits per heavy atom. The molecule has 25 heavy (non-hydrogen) atoms. The fourth-order valence-electron chi connectivity index (χ4n) is 4.12. The van der Waals surface area contributed by atoms with Gasteiger partial charge in [0.2, 0.25) is 0 Å². The van der Waals surface area contributed by atoms with Gasteiger partial charge in [-0.05, 0) is 50.3 Å². The molecule has 1 atom stereocenters. The van der Waals surface area contributed by atoms with E-state index < -0.39 is 0 Å². The third-order valence-corrected chi connectivity index (χ3v) is 5.37. The van der Waals surface area contributed by atoms with Gasteiger partial charge >= 0.3 is 0 Å². The number of nitrogens with zero attached hydrogens (tertiary/aromatic N) is 3. The zero-order valence-corrected chi connectivity index (χ0v) is 14.6. The highest BCUT2D eigenvalue weighted by atomic mass is 16.2. The summed E-state index contributed by atoms with van der Waals surface area (Å²) >= 11 is 0. The maximum Gasteiger partial charge on any atom is 0.254 e. The Kier molecular flexibility index (Phi) is 4.68. The minimum absolute atomic E-state index is 0.136. The largest absolute Gasteiger partial charge is 0.356 e. The zero-order chi connectivity index (χ0) is 17.1. The van der Waals surface area contributed by atoms with Crippen LogP contribution >= 0.6 is 0 Å². The van der Waals surface area contributed by atoms with Gasteiger partial charge in [0.25, 0.3) is 5.91 Å². The van der Waals surface area contributed by atoms with Gasteiger partial charge in [-0.1, -0.05) is 24.3 Å². The molecule has 2 saturated heterocycles. The number of aromatic nitrogens is 1. The first-order valence-corrected chi connectivity index (χ1v) is 9.40. The molecular weight excluding hydrogens is 310 g/mol. The van der Waals surface area contributed by atoms with Gasteiger partial charge in [0, 0.05) is 37.0 Å². The van der Waals surface area contributed by atoms with Crippen molar-refractivity contribution in [2.75, 3.05) is 24.5 Å². The number of pyridine rings is 1. The number of hydrogen-bond acceptors (Lipinski definition) is 3. The normalized spacial score (nSPS) is 20.7. The molecule has 4 rings (SSSR count). The first-order chi connectivity index (χ1) is 12.3. The van der Waals surface area contributed by atoms with Gasteiger partial charge in [-0.15, -0.1) is 0 Å². The molecule has 1 aromatic carbocycles. The van der Waals surface area contributed by atoms with Gasteiger partial charge in [0.05, 0.1) is 6.04 Å². The summed E-state index contributed by atoms with van der Waals surface area (Å²) in [7, 11) is 0. The minimum atomic E-state index is 0.136. The molecule has 1 amide bonds. The molecular formula is C21H25N3O. The number of carbonyl (C=O) groups is 1. The summed E-state index contributed by atoms with van der Waals surface area (Å²) in [4.78, 5) is 22.2. The van der Waals surface area contributed by atoms with E-state index >= 15 is 0 Å². The summed E-state index contributed by atoms with van der Waals surface area (Å²) in [6.07, 6.45) is 7.72. The van der Waals surface area contributed by atoms with E-state index in [0.717, 1.165) is 43.9 Å². The fourth-order valence-corrected chi connectivity index (χ4v) is 4.12. The first kappa shape index (κ1) is 16.1. The molecule has 3 heterocycles. The summed E-state index contributed by atoms with van der Waals surface area (Å²) in [6, 6.07) is 13.9. The number of carbonyl (C=O) groups excluding carboxylic acids is 1. The maximum absolute atomic E-state index is 13.0. The summed E-state index contributed by atoms with van der Waals surface area (Å²) in [6.45, 7) is 2.97. The number of benzene rings is 1. The number of piperidine rings is 1. The zero-order valence-electron chi connectivity index (χ0n) is 14.6. The average molecular weight is 335 g/mol. The van der Waals surface area contributed by atoms with Crippen LogP contribution in [0.3, 0.4) is 0 Å². The van der Waals surface area contributed by atoms with Gasteiger partial charge in [-0.2, -0.15) is 0 Å². The Labute approximate surface area is 149 Å². The summed E-state index contributed by atoms with van der Waals surface area (Å²) in [5.74, 6) is 1.22. The number of likely N-dealkylation sites (tertiary alicyclic amines) is 1. The van der Waals surface area contributed by atoms with Crippen LogP contribution in [0.15, 0.2) is 48.7 Å². The van der Waals surface area contributed by atoms with Crippen LogP contribution < -0.4 is 4.90 Å². The van der Waals surface area contributed by atoms with Crippen molar-refractivity contribution in [3.8, 4) is 0 Å². The Bertz CT molecular complexity index is 725. The Balaban J connectivity index is 1.63. The molecule has 0 saturated carbocycles. The molecule has 0 unspecified atom stereocenters. The number of rotatable bonds is 3. The Morgan fingerprint density at radius 1 is 0.920 bits per heavy atom. The van der Waals surface area contributed by atoms with Crippen LogP contribution in [0, 0.1) is 0 Å². The lowest BCUT2D eigenvalue weighted by molar-refractivity contribution is 0.0735. The molecule has 0 radical (unpaired) electrons. The van der Waals surface area contributed by atoms with Gasteiger partial charge in [-0.3, -0.25) is 4.79 Å². The minimum Gasteiger partial charge on any atom is -0.356 e. The van der Waals surface area contributed by atoms with Gasteiger partial charge in [0.1, 0.15) is 5.82 Å². The molecule has 0 aliphatic carbocycles. The van der Waals surface area contributed by atoms with Crippen LogP contribution in [0.25, 0.3) is 0 Å². The molecule has 130 valence electrons. The SMILES string of the molecule is O=C(c1ccccc1)N1CCC[C@H]1c1cccnc1N1CCCCC1. The quantitative estimate of drug-likeness (QED) is 0.849. The number of amides is 1. The van der Waals surface area contributed by atoms with Crippen molar-refractivity contribution in [2.24, 2.45) is 0 Å². The van der Waals surface area contributed by atoms with E-state index in [0.29, 0.717) is 0 Å². The Morgan fingerprint density at radius 2 is 1.72 bits per heavy atom. The smallest absolute Gasteiger partial charge is 0.254 e. The molecule has 1 aromatic heterocycles. The standard InChI is InChI=1S/C21H25N3O/c25-21(17-9-3-1-4-10-17)24-16-8-12-19(24)18-11-7-13-22-20(18)23-14-5-2-6-15-23/h1,3-4,7,9-11,13,19H,2,5-6,8,12,14-16H2/t19-/m0/s1. The molecule has 2 aliphatic rings. The van der Waals surface area contributed by atoms with E-state index in [-0.39, 0.29) is 11.9 Å². The third-order valence-electron chi connectivity index (χ3n) is 5.37. The highest BCUT2D eigenvalue weighted by Crippen LogP contribution is 2.37. The van der Waals surface area contributed by atoms with E-state index in [1.165, 1.54) is 24.8 Å². The van der Waals surface area contributed by atoms with Crippen molar-refractivity contribution in [3.63, 3.8) is 0 Å².